The molecule has 0 saturated carbocycles. The molecule has 72 valence electrons. The molecule has 0 aliphatic heterocycles. The van der Waals surface area contributed by atoms with Crippen molar-refractivity contribution in [3.63, 3.8) is 0 Å². The van der Waals surface area contributed by atoms with Crippen LogP contribution in [0, 0.1) is 0 Å². The molecule has 0 aliphatic rings. The van der Waals surface area contributed by atoms with Gasteiger partial charge in [0.2, 0.25) is 0 Å². The Morgan fingerprint density at radius 2 is 2.23 bits per heavy atom. The molecule has 0 spiro atoms. The molecule has 3 heteroatoms. The van der Waals surface area contributed by atoms with Crippen LogP contribution in [0.1, 0.15) is 19.0 Å². The number of nitrogens with zero attached hydrogens (tertiary/aromatic N) is 2. The van der Waals surface area contributed by atoms with E-state index in [2.05, 4.69) is 23.9 Å². The maximum atomic E-state index is 5.73. The highest BCUT2D eigenvalue weighted by molar-refractivity contribution is 6.30. The number of rotatable bonds is 4. The Hall–Kier alpha value is -0.600. The number of aromatic nitrogens is 1. The molecule has 1 aromatic heterocycles. The number of halogens is 1. The molecule has 0 aromatic carbocycles. The highest BCUT2D eigenvalue weighted by Gasteiger charge is 1.99. The normalized spacial score (nSPS) is 10.8. The minimum Gasteiger partial charge on any atom is -0.301 e. The SMILES string of the molecule is CCCN(C)Cc1ccc(Cl)cn1. The molecule has 1 aromatic rings. The number of hydrogen-bond donors (Lipinski definition) is 0. The van der Waals surface area contributed by atoms with Gasteiger partial charge in [-0.15, -0.1) is 0 Å². The van der Waals surface area contributed by atoms with Gasteiger partial charge in [0.05, 0.1) is 10.7 Å². The first-order valence-electron chi connectivity index (χ1n) is 4.51. The summed E-state index contributed by atoms with van der Waals surface area (Å²) in [6, 6.07) is 3.85. The molecular weight excluding hydrogens is 184 g/mol. The quantitative estimate of drug-likeness (QED) is 0.740. The van der Waals surface area contributed by atoms with Crippen molar-refractivity contribution in [1.29, 1.82) is 0 Å². The maximum Gasteiger partial charge on any atom is 0.0589 e. The van der Waals surface area contributed by atoms with Crippen LogP contribution in [-0.2, 0) is 6.54 Å². The van der Waals surface area contributed by atoms with Crippen molar-refractivity contribution in [3.8, 4) is 0 Å². The van der Waals surface area contributed by atoms with Crippen molar-refractivity contribution < 1.29 is 0 Å². The highest BCUT2D eigenvalue weighted by Crippen LogP contribution is 2.07. The molecular formula is C10H15ClN2. The van der Waals surface area contributed by atoms with Crippen LogP contribution in [0.2, 0.25) is 5.02 Å². The summed E-state index contributed by atoms with van der Waals surface area (Å²) in [5, 5.41) is 0.696. The van der Waals surface area contributed by atoms with Crippen LogP contribution < -0.4 is 0 Å². The molecule has 0 fully saturated rings. The van der Waals surface area contributed by atoms with E-state index in [-0.39, 0.29) is 0 Å². The van der Waals surface area contributed by atoms with Crippen molar-refractivity contribution in [3.05, 3.63) is 29.0 Å². The van der Waals surface area contributed by atoms with Gasteiger partial charge in [-0.1, -0.05) is 18.5 Å². The second kappa shape index (κ2) is 5.20. The largest absolute Gasteiger partial charge is 0.301 e. The third-order valence-corrected chi connectivity index (χ3v) is 2.05. The van der Waals surface area contributed by atoms with Crippen LogP contribution in [0.3, 0.4) is 0 Å². The Labute approximate surface area is 84.5 Å². The van der Waals surface area contributed by atoms with E-state index in [1.165, 1.54) is 6.42 Å². The average Bonchev–Trinajstić information content (AvgIpc) is 2.09. The second-order valence-electron chi connectivity index (χ2n) is 3.21. The van der Waals surface area contributed by atoms with E-state index in [4.69, 9.17) is 11.6 Å². The van der Waals surface area contributed by atoms with Crippen LogP contribution in [-0.4, -0.2) is 23.5 Å². The van der Waals surface area contributed by atoms with E-state index in [1.54, 1.807) is 6.20 Å². The molecule has 0 radical (unpaired) electrons. The summed E-state index contributed by atoms with van der Waals surface area (Å²) < 4.78 is 0. The molecule has 0 amide bonds. The van der Waals surface area contributed by atoms with Gasteiger partial charge in [-0.2, -0.15) is 0 Å². The summed E-state index contributed by atoms with van der Waals surface area (Å²) in [7, 11) is 2.10. The zero-order chi connectivity index (χ0) is 9.68. The lowest BCUT2D eigenvalue weighted by molar-refractivity contribution is 0.323. The predicted octanol–water partition coefficient (Wildman–Crippen LogP) is 2.58. The van der Waals surface area contributed by atoms with E-state index in [1.807, 2.05) is 12.1 Å². The van der Waals surface area contributed by atoms with E-state index in [0.717, 1.165) is 18.8 Å². The van der Waals surface area contributed by atoms with Crippen LogP contribution in [0.25, 0.3) is 0 Å². The highest BCUT2D eigenvalue weighted by atomic mass is 35.5. The minimum absolute atomic E-state index is 0.696. The van der Waals surface area contributed by atoms with Crippen molar-refractivity contribution in [2.45, 2.75) is 19.9 Å². The molecule has 0 aliphatic carbocycles. The fourth-order valence-electron chi connectivity index (χ4n) is 1.24. The molecule has 13 heavy (non-hydrogen) atoms. The summed E-state index contributed by atoms with van der Waals surface area (Å²) in [6.07, 6.45) is 2.86. The Balaban J connectivity index is 2.49. The average molecular weight is 199 g/mol. The van der Waals surface area contributed by atoms with Crippen molar-refractivity contribution in [2.24, 2.45) is 0 Å². The Morgan fingerprint density at radius 1 is 1.46 bits per heavy atom. The zero-order valence-electron chi connectivity index (χ0n) is 8.13. The molecule has 0 saturated heterocycles. The summed E-state index contributed by atoms with van der Waals surface area (Å²) in [5.74, 6) is 0. The topological polar surface area (TPSA) is 16.1 Å². The van der Waals surface area contributed by atoms with Gasteiger partial charge in [0.25, 0.3) is 0 Å². The van der Waals surface area contributed by atoms with Crippen LogP contribution in [0.4, 0.5) is 0 Å². The lowest BCUT2D eigenvalue weighted by Gasteiger charge is -2.14. The van der Waals surface area contributed by atoms with Gasteiger partial charge in [-0.05, 0) is 32.1 Å². The van der Waals surface area contributed by atoms with Gasteiger partial charge in [0.1, 0.15) is 0 Å². The minimum atomic E-state index is 0.696. The second-order valence-corrected chi connectivity index (χ2v) is 3.64. The van der Waals surface area contributed by atoms with E-state index in [0.29, 0.717) is 5.02 Å². The first kappa shape index (κ1) is 10.5. The van der Waals surface area contributed by atoms with Crippen molar-refractivity contribution in [2.75, 3.05) is 13.6 Å². The summed E-state index contributed by atoms with van der Waals surface area (Å²) in [6.45, 7) is 4.17. The number of pyridine rings is 1. The Morgan fingerprint density at radius 3 is 2.77 bits per heavy atom. The van der Waals surface area contributed by atoms with E-state index in [9.17, 15) is 0 Å². The lowest BCUT2D eigenvalue weighted by Crippen LogP contribution is -2.18. The fourth-order valence-corrected chi connectivity index (χ4v) is 1.35. The first-order chi connectivity index (χ1) is 6.22. The van der Waals surface area contributed by atoms with Gasteiger partial charge in [0, 0.05) is 12.7 Å². The summed E-state index contributed by atoms with van der Waals surface area (Å²) in [4.78, 5) is 6.47. The van der Waals surface area contributed by atoms with Gasteiger partial charge in [0.15, 0.2) is 0 Å². The van der Waals surface area contributed by atoms with Crippen molar-refractivity contribution in [1.82, 2.24) is 9.88 Å². The number of hydrogen-bond acceptors (Lipinski definition) is 2. The zero-order valence-corrected chi connectivity index (χ0v) is 8.88. The monoisotopic (exact) mass is 198 g/mol. The molecule has 0 unspecified atom stereocenters. The van der Waals surface area contributed by atoms with E-state index >= 15 is 0 Å². The van der Waals surface area contributed by atoms with Gasteiger partial charge < -0.3 is 4.90 Å². The third kappa shape index (κ3) is 3.75. The maximum absolute atomic E-state index is 5.73. The third-order valence-electron chi connectivity index (χ3n) is 1.83. The standard InChI is InChI=1S/C10H15ClN2/c1-3-6-13(2)8-10-5-4-9(11)7-12-10/h4-5,7H,3,6,8H2,1-2H3. The smallest absolute Gasteiger partial charge is 0.0589 e. The Kier molecular flexibility index (Phi) is 4.19. The fraction of sp³-hybridized carbons (Fsp3) is 0.500. The van der Waals surface area contributed by atoms with Crippen LogP contribution >= 0.6 is 11.6 Å². The molecule has 2 nitrogen and oxygen atoms in total. The van der Waals surface area contributed by atoms with Crippen LogP contribution in [0.5, 0.6) is 0 Å². The predicted molar refractivity (Wildman–Crippen MR) is 55.9 cm³/mol. The molecule has 0 bridgehead atoms. The summed E-state index contributed by atoms with van der Waals surface area (Å²) in [5.41, 5.74) is 1.07. The lowest BCUT2D eigenvalue weighted by atomic mass is 10.3. The first-order valence-corrected chi connectivity index (χ1v) is 4.89. The van der Waals surface area contributed by atoms with E-state index < -0.39 is 0 Å². The molecule has 0 atom stereocenters. The van der Waals surface area contributed by atoms with Gasteiger partial charge in [-0.25, -0.2) is 0 Å². The van der Waals surface area contributed by atoms with Gasteiger partial charge in [-0.3, -0.25) is 4.98 Å². The van der Waals surface area contributed by atoms with Crippen molar-refractivity contribution >= 4 is 11.6 Å². The molecule has 1 rings (SSSR count). The molecule has 0 N–H and O–H groups in total. The van der Waals surface area contributed by atoms with Gasteiger partial charge >= 0.3 is 0 Å². The molecule has 1 heterocycles. The Bertz CT molecular complexity index is 246. The summed E-state index contributed by atoms with van der Waals surface area (Å²) >= 11 is 5.73. The van der Waals surface area contributed by atoms with Crippen LogP contribution in [0.15, 0.2) is 18.3 Å².